The van der Waals surface area contributed by atoms with Crippen LogP contribution >= 0.6 is 0 Å². The van der Waals surface area contributed by atoms with Gasteiger partial charge in [-0.15, -0.1) is 0 Å². The number of carbonyl (C=O) groups excluding carboxylic acids is 1. The second-order valence-corrected chi connectivity index (χ2v) is 12.4. The molecule has 0 spiro atoms. The van der Waals surface area contributed by atoms with E-state index in [0.29, 0.717) is 12.3 Å². The predicted octanol–water partition coefficient (Wildman–Crippen LogP) is 13.2. The fourth-order valence-electron chi connectivity index (χ4n) is 5.51. The number of hydrogen-bond donors (Lipinski definition) is 0. The van der Waals surface area contributed by atoms with Gasteiger partial charge in [-0.05, 0) is 57.3 Å². The van der Waals surface area contributed by atoms with Crippen molar-refractivity contribution in [2.45, 2.75) is 207 Å². The molecule has 236 valence electrons. The maximum Gasteiger partial charge on any atom is 0.306 e. The summed E-state index contributed by atoms with van der Waals surface area (Å²) in [7, 11) is 0. The summed E-state index contributed by atoms with van der Waals surface area (Å²) in [5.41, 5.74) is 0. The first kappa shape index (κ1) is 39.0. The van der Waals surface area contributed by atoms with E-state index in [1.54, 1.807) is 0 Å². The SMILES string of the molecule is CCCCCCCCC=CCC(CCCCCC)CC(=O)OC(CC=CCCCCCCCC)CCCCCC. The van der Waals surface area contributed by atoms with Gasteiger partial charge in [0.1, 0.15) is 6.10 Å². The lowest BCUT2D eigenvalue weighted by Gasteiger charge is -2.19. The third kappa shape index (κ3) is 28.5. The van der Waals surface area contributed by atoms with Crippen LogP contribution in [-0.2, 0) is 9.53 Å². The van der Waals surface area contributed by atoms with E-state index >= 15 is 0 Å². The second kappa shape index (κ2) is 32.5. The summed E-state index contributed by atoms with van der Waals surface area (Å²) in [4.78, 5) is 13.1. The summed E-state index contributed by atoms with van der Waals surface area (Å²) in [5, 5.41) is 0. The number of allylic oxidation sites excluding steroid dienone is 3. The summed E-state index contributed by atoms with van der Waals surface area (Å²) in [6.45, 7) is 9.07. The van der Waals surface area contributed by atoms with Gasteiger partial charge in [0.05, 0.1) is 0 Å². The molecule has 0 rings (SSSR count). The van der Waals surface area contributed by atoms with E-state index in [4.69, 9.17) is 4.74 Å². The van der Waals surface area contributed by atoms with Crippen LogP contribution in [0.4, 0.5) is 0 Å². The van der Waals surface area contributed by atoms with Crippen molar-refractivity contribution < 1.29 is 9.53 Å². The largest absolute Gasteiger partial charge is 0.462 e. The van der Waals surface area contributed by atoms with Crippen molar-refractivity contribution in [3.8, 4) is 0 Å². The van der Waals surface area contributed by atoms with E-state index in [0.717, 1.165) is 32.1 Å². The Bertz CT molecular complexity index is 516. The van der Waals surface area contributed by atoms with Crippen molar-refractivity contribution in [3.63, 3.8) is 0 Å². The van der Waals surface area contributed by atoms with Crippen molar-refractivity contribution in [2.24, 2.45) is 5.92 Å². The first-order valence-corrected chi connectivity index (χ1v) is 18.2. The Hall–Kier alpha value is -1.05. The Morgan fingerprint density at radius 1 is 0.500 bits per heavy atom. The molecular weight excluding hydrogens is 488 g/mol. The Labute approximate surface area is 252 Å². The van der Waals surface area contributed by atoms with Crippen molar-refractivity contribution >= 4 is 5.97 Å². The van der Waals surface area contributed by atoms with E-state index in [1.807, 2.05) is 0 Å². The van der Waals surface area contributed by atoms with Crippen LogP contribution in [0.25, 0.3) is 0 Å². The van der Waals surface area contributed by atoms with Crippen LogP contribution in [0.1, 0.15) is 201 Å². The molecule has 0 bridgehead atoms. The molecule has 0 amide bonds. The van der Waals surface area contributed by atoms with Crippen LogP contribution < -0.4 is 0 Å². The molecule has 2 nitrogen and oxygen atoms in total. The first-order valence-electron chi connectivity index (χ1n) is 18.2. The molecule has 2 heteroatoms. The topological polar surface area (TPSA) is 26.3 Å². The minimum absolute atomic E-state index is 0.0367. The van der Waals surface area contributed by atoms with Crippen molar-refractivity contribution in [2.75, 3.05) is 0 Å². The highest BCUT2D eigenvalue weighted by molar-refractivity contribution is 5.69. The van der Waals surface area contributed by atoms with Gasteiger partial charge in [0.15, 0.2) is 0 Å². The quantitative estimate of drug-likeness (QED) is 0.0479. The van der Waals surface area contributed by atoms with E-state index < -0.39 is 0 Å². The fourth-order valence-corrected chi connectivity index (χ4v) is 5.51. The lowest BCUT2D eigenvalue weighted by Crippen LogP contribution is -2.20. The average molecular weight is 561 g/mol. The lowest BCUT2D eigenvalue weighted by molar-refractivity contribution is -0.150. The zero-order chi connectivity index (χ0) is 29.4. The van der Waals surface area contributed by atoms with Crippen LogP contribution in [0.5, 0.6) is 0 Å². The monoisotopic (exact) mass is 561 g/mol. The van der Waals surface area contributed by atoms with Crippen molar-refractivity contribution in [1.29, 1.82) is 0 Å². The molecule has 0 aromatic carbocycles. The summed E-state index contributed by atoms with van der Waals surface area (Å²) < 4.78 is 6.14. The highest BCUT2D eigenvalue weighted by atomic mass is 16.5. The van der Waals surface area contributed by atoms with Crippen molar-refractivity contribution in [3.05, 3.63) is 24.3 Å². The molecule has 0 saturated heterocycles. The van der Waals surface area contributed by atoms with Crippen LogP contribution in [-0.4, -0.2) is 12.1 Å². The van der Waals surface area contributed by atoms with Gasteiger partial charge >= 0.3 is 5.97 Å². The molecule has 0 aliphatic carbocycles. The normalized spacial score (nSPS) is 13.4. The van der Waals surface area contributed by atoms with Gasteiger partial charge in [-0.2, -0.15) is 0 Å². The molecule has 2 unspecified atom stereocenters. The minimum atomic E-state index is 0.0367. The molecule has 0 fully saturated rings. The van der Waals surface area contributed by atoms with Gasteiger partial charge in [-0.1, -0.05) is 161 Å². The van der Waals surface area contributed by atoms with Gasteiger partial charge in [0, 0.05) is 12.8 Å². The summed E-state index contributed by atoms with van der Waals surface area (Å²) in [6.07, 6.45) is 42.6. The van der Waals surface area contributed by atoms with Gasteiger partial charge in [-0.3, -0.25) is 4.79 Å². The molecule has 0 radical (unpaired) electrons. The Morgan fingerprint density at radius 2 is 0.925 bits per heavy atom. The molecule has 0 aliphatic heterocycles. The average Bonchev–Trinajstić information content (AvgIpc) is 2.95. The van der Waals surface area contributed by atoms with E-state index in [9.17, 15) is 4.79 Å². The third-order valence-corrected chi connectivity index (χ3v) is 8.25. The van der Waals surface area contributed by atoms with Gasteiger partial charge in [0.2, 0.25) is 0 Å². The maximum atomic E-state index is 13.1. The summed E-state index contributed by atoms with van der Waals surface area (Å²) in [5.74, 6) is 0.462. The van der Waals surface area contributed by atoms with Crippen molar-refractivity contribution in [1.82, 2.24) is 0 Å². The molecule has 0 aromatic rings. The number of hydrogen-bond acceptors (Lipinski definition) is 2. The molecule has 0 aliphatic rings. The zero-order valence-corrected chi connectivity index (χ0v) is 27.9. The van der Waals surface area contributed by atoms with E-state index in [1.165, 1.54) is 135 Å². The summed E-state index contributed by atoms with van der Waals surface area (Å²) >= 11 is 0. The molecular formula is C38H72O2. The van der Waals surface area contributed by atoms with Gasteiger partial charge in [-0.25, -0.2) is 0 Å². The fraction of sp³-hybridized carbons (Fsp3) is 0.868. The minimum Gasteiger partial charge on any atom is -0.462 e. The number of carbonyl (C=O) groups is 1. The molecule has 0 heterocycles. The molecule has 0 saturated carbocycles. The van der Waals surface area contributed by atoms with E-state index in [-0.39, 0.29) is 12.1 Å². The molecule has 0 N–H and O–H groups in total. The molecule has 2 atom stereocenters. The lowest BCUT2D eigenvalue weighted by atomic mass is 9.93. The van der Waals surface area contributed by atoms with Crippen LogP contribution in [0.15, 0.2) is 24.3 Å². The molecule has 40 heavy (non-hydrogen) atoms. The molecule has 0 aromatic heterocycles. The summed E-state index contributed by atoms with van der Waals surface area (Å²) in [6, 6.07) is 0. The number of esters is 1. The van der Waals surface area contributed by atoms with Crippen LogP contribution in [0.2, 0.25) is 0 Å². The smallest absolute Gasteiger partial charge is 0.306 e. The predicted molar refractivity (Wildman–Crippen MR) is 179 cm³/mol. The van der Waals surface area contributed by atoms with Crippen LogP contribution in [0, 0.1) is 5.92 Å². The second-order valence-electron chi connectivity index (χ2n) is 12.4. The Kier molecular flexibility index (Phi) is 31.6. The number of ether oxygens (including phenoxy) is 1. The highest BCUT2D eigenvalue weighted by Gasteiger charge is 2.18. The van der Waals surface area contributed by atoms with Gasteiger partial charge < -0.3 is 4.74 Å². The number of unbranched alkanes of at least 4 members (excludes halogenated alkanes) is 18. The van der Waals surface area contributed by atoms with E-state index in [2.05, 4.69) is 52.0 Å². The zero-order valence-electron chi connectivity index (χ0n) is 27.9. The standard InChI is InChI=1S/C38H72O2/c1-5-9-13-17-19-21-23-25-28-32-36(31-27-15-11-7-3)35-38(39)40-37(33-29-16-12-8-4)34-30-26-24-22-20-18-14-10-6-2/h25-26,28,30,36-37H,5-24,27,29,31-35H2,1-4H3. The Balaban J connectivity index is 4.66. The highest BCUT2D eigenvalue weighted by Crippen LogP contribution is 2.22. The number of rotatable bonds is 31. The first-order chi connectivity index (χ1) is 19.7. The Morgan fingerprint density at radius 3 is 1.45 bits per heavy atom. The van der Waals surface area contributed by atoms with Crippen LogP contribution in [0.3, 0.4) is 0 Å². The van der Waals surface area contributed by atoms with Gasteiger partial charge in [0.25, 0.3) is 0 Å². The third-order valence-electron chi connectivity index (χ3n) is 8.25. The maximum absolute atomic E-state index is 13.1.